The van der Waals surface area contributed by atoms with Crippen LogP contribution < -0.4 is 11.1 Å². The lowest BCUT2D eigenvalue weighted by Crippen LogP contribution is -2.62. The second kappa shape index (κ2) is 12.7. The number of anilines is 1. The van der Waals surface area contributed by atoms with Gasteiger partial charge in [-0.05, 0) is 11.1 Å². The predicted octanol–water partition coefficient (Wildman–Crippen LogP) is 1.55. The maximum Gasteiger partial charge on any atom is 0.372 e. The monoisotopic (exact) mass is 637 g/mol. The number of carbonyl (C=O) groups excluding carboxylic acids is 4. The summed E-state index contributed by atoms with van der Waals surface area (Å²) in [5.41, 5.74) is 1.84. The SMILES string of the molecule is CON=C(C(=O)NC1(CC(=O)OC(c2ccccc2)c2ccccc2)CON(C2(C(=O)O)CCC(=O)O2)C1=O)c1csc(N)n1. The molecule has 0 aliphatic carbocycles. The van der Waals surface area contributed by atoms with Crippen LogP contribution in [0.15, 0.2) is 71.2 Å². The lowest BCUT2D eigenvalue weighted by atomic mass is 9.93. The second-order valence-corrected chi connectivity index (χ2v) is 10.9. The zero-order valence-electron chi connectivity index (χ0n) is 23.7. The molecule has 3 heterocycles. The van der Waals surface area contributed by atoms with E-state index in [1.54, 1.807) is 60.7 Å². The molecule has 2 aliphatic rings. The molecule has 15 nitrogen and oxygen atoms in total. The molecule has 2 fully saturated rings. The number of nitrogens with zero attached hydrogens (tertiary/aromatic N) is 3. The minimum atomic E-state index is -2.52. The Hall–Kier alpha value is -5.35. The zero-order valence-corrected chi connectivity index (χ0v) is 24.5. The summed E-state index contributed by atoms with van der Waals surface area (Å²) in [6.07, 6.45) is -2.45. The van der Waals surface area contributed by atoms with Gasteiger partial charge in [0.2, 0.25) is 0 Å². The molecule has 234 valence electrons. The number of nitrogen functional groups attached to an aromatic ring is 1. The number of carboxylic acid groups (broad SMARTS) is 1. The van der Waals surface area contributed by atoms with E-state index in [0.717, 1.165) is 11.3 Å². The number of hydrogen-bond acceptors (Lipinski definition) is 13. The third-order valence-corrected chi connectivity index (χ3v) is 7.74. The molecule has 4 N–H and O–H groups in total. The van der Waals surface area contributed by atoms with E-state index in [1.165, 1.54) is 12.5 Å². The Balaban J connectivity index is 1.50. The average molecular weight is 638 g/mol. The number of nitrogens with one attached hydrogen (secondary N) is 1. The van der Waals surface area contributed by atoms with Crippen LogP contribution in [0.5, 0.6) is 0 Å². The molecule has 1 aromatic heterocycles. The van der Waals surface area contributed by atoms with Crippen molar-refractivity contribution < 1.29 is 48.2 Å². The van der Waals surface area contributed by atoms with Crippen molar-refractivity contribution in [2.24, 2.45) is 5.16 Å². The van der Waals surface area contributed by atoms with Gasteiger partial charge in [-0.2, -0.15) is 5.06 Å². The van der Waals surface area contributed by atoms with Gasteiger partial charge in [-0.1, -0.05) is 65.8 Å². The van der Waals surface area contributed by atoms with E-state index in [9.17, 15) is 29.1 Å². The molecule has 2 aliphatic heterocycles. The number of oxime groups is 1. The van der Waals surface area contributed by atoms with Crippen molar-refractivity contribution in [3.8, 4) is 0 Å². The van der Waals surface area contributed by atoms with Gasteiger partial charge in [0.15, 0.2) is 22.5 Å². The number of aromatic nitrogens is 1. The smallest absolute Gasteiger partial charge is 0.372 e. The fourth-order valence-corrected chi connectivity index (χ4v) is 5.48. The van der Waals surface area contributed by atoms with Crippen LogP contribution in [-0.2, 0) is 43.1 Å². The van der Waals surface area contributed by atoms with Gasteiger partial charge in [-0.3, -0.25) is 24.0 Å². The molecule has 2 amide bonds. The van der Waals surface area contributed by atoms with Crippen molar-refractivity contribution >= 4 is 51.9 Å². The molecule has 2 aromatic carbocycles. The molecule has 3 aromatic rings. The highest BCUT2D eigenvalue weighted by molar-refractivity contribution is 7.13. The summed E-state index contributed by atoms with van der Waals surface area (Å²) in [5, 5.41) is 18.1. The molecule has 16 heteroatoms. The number of thiazole rings is 1. The molecule has 0 bridgehead atoms. The number of carbonyl (C=O) groups is 5. The van der Waals surface area contributed by atoms with Crippen molar-refractivity contribution in [2.45, 2.75) is 36.6 Å². The van der Waals surface area contributed by atoms with E-state index in [-0.39, 0.29) is 17.2 Å². The van der Waals surface area contributed by atoms with Crippen LogP contribution in [0.3, 0.4) is 0 Å². The van der Waals surface area contributed by atoms with Gasteiger partial charge in [-0.15, -0.1) is 11.3 Å². The van der Waals surface area contributed by atoms with Gasteiger partial charge in [0.05, 0.1) is 12.8 Å². The number of ether oxygens (including phenoxy) is 2. The standard InChI is InChI=1S/C29H27N5O10S/c1-41-33-22(19-15-45-27(30)31-19)24(37)32-28(16-42-34(25(28)38)29(26(39)40)13-12-20(35)44-29)14-21(36)43-23(17-8-4-2-5-9-17)18-10-6-3-7-11-18/h2-11,15,23H,12-14,16H2,1H3,(H2,30,31)(H,32,37)(H,39,40). The van der Waals surface area contributed by atoms with E-state index in [4.69, 9.17) is 24.9 Å². The quantitative estimate of drug-likeness (QED) is 0.155. The summed E-state index contributed by atoms with van der Waals surface area (Å²) in [7, 11) is 1.18. The molecular weight excluding hydrogens is 610 g/mol. The summed E-state index contributed by atoms with van der Waals surface area (Å²) >= 11 is 1.01. The summed E-state index contributed by atoms with van der Waals surface area (Å²) < 4.78 is 10.9. The van der Waals surface area contributed by atoms with Crippen LogP contribution in [0.4, 0.5) is 5.13 Å². The van der Waals surface area contributed by atoms with Crippen LogP contribution in [0.25, 0.3) is 0 Å². The van der Waals surface area contributed by atoms with E-state index >= 15 is 0 Å². The van der Waals surface area contributed by atoms with Gasteiger partial charge in [-0.25, -0.2) is 9.78 Å². The minimum absolute atomic E-state index is 0.0118. The minimum Gasteiger partial charge on any atom is -0.477 e. The van der Waals surface area contributed by atoms with Gasteiger partial charge >= 0.3 is 23.6 Å². The van der Waals surface area contributed by atoms with Crippen LogP contribution >= 0.6 is 11.3 Å². The molecule has 5 rings (SSSR count). The second-order valence-electron chi connectivity index (χ2n) is 10.0. The Kier molecular flexibility index (Phi) is 8.78. The Morgan fingerprint density at radius 1 is 1.13 bits per heavy atom. The van der Waals surface area contributed by atoms with E-state index in [0.29, 0.717) is 16.2 Å². The van der Waals surface area contributed by atoms with Crippen molar-refractivity contribution in [1.29, 1.82) is 0 Å². The number of aliphatic carboxylic acids is 1. The third-order valence-electron chi connectivity index (χ3n) is 7.06. The summed E-state index contributed by atoms with van der Waals surface area (Å²) in [5.74, 6) is -5.69. The zero-order chi connectivity index (χ0) is 32.2. The first-order valence-corrected chi connectivity index (χ1v) is 14.3. The highest BCUT2D eigenvalue weighted by Crippen LogP contribution is 2.38. The fraction of sp³-hybridized carbons (Fsp3) is 0.276. The van der Waals surface area contributed by atoms with Crippen molar-refractivity contribution in [3.05, 3.63) is 82.9 Å². The van der Waals surface area contributed by atoms with Gasteiger partial charge < -0.3 is 30.5 Å². The first kappa shape index (κ1) is 31.1. The number of hydroxylamine groups is 2. The molecule has 0 saturated carbocycles. The first-order chi connectivity index (χ1) is 21.6. The lowest BCUT2D eigenvalue weighted by molar-refractivity contribution is -0.256. The van der Waals surface area contributed by atoms with E-state index < -0.39 is 72.3 Å². The van der Waals surface area contributed by atoms with Crippen molar-refractivity contribution in [2.75, 3.05) is 19.5 Å². The normalized spacial score (nSPS) is 21.5. The van der Waals surface area contributed by atoms with Gasteiger partial charge in [0, 0.05) is 11.8 Å². The molecule has 2 atom stereocenters. The van der Waals surface area contributed by atoms with E-state index in [1.807, 2.05) is 0 Å². The lowest BCUT2D eigenvalue weighted by Gasteiger charge is -2.32. The van der Waals surface area contributed by atoms with Crippen molar-refractivity contribution in [3.63, 3.8) is 0 Å². The third kappa shape index (κ3) is 6.18. The molecule has 45 heavy (non-hydrogen) atoms. The van der Waals surface area contributed by atoms with Crippen LogP contribution in [0.2, 0.25) is 0 Å². The molecular formula is C29H27N5O10S. The average Bonchev–Trinajstić information content (AvgIpc) is 3.73. The maximum atomic E-state index is 14.1. The Morgan fingerprint density at radius 3 is 2.29 bits per heavy atom. The number of carboxylic acids is 1. The van der Waals surface area contributed by atoms with E-state index in [2.05, 4.69) is 15.5 Å². The Bertz CT molecular complexity index is 1610. The molecule has 2 saturated heterocycles. The number of nitrogens with two attached hydrogens (primary N) is 1. The molecule has 0 radical (unpaired) electrons. The molecule has 2 unspecified atom stereocenters. The van der Waals surface area contributed by atoms with Gasteiger partial charge in [0.1, 0.15) is 19.4 Å². The highest BCUT2D eigenvalue weighted by Gasteiger charge is 2.64. The van der Waals surface area contributed by atoms with Crippen LogP contribution in [-0.4, -0.2) is 75.6 Å². The highest BCUT2D eigenvalue weighted by atomic mass is 32.1. The number of rotatable bonds is 11. The number of benzene rings is 2. The number of esters is 2. The Morgan fingerprint density at radius 2 is 1.78 bits per heavy atom. The number of hydrogen-bond donors (Lipinski definition) is 3. The summed E-state index contributed by atoms with van der Waals surface area (Å²) in [6.45, 7) is -0.722. The number of cyclic esters (lactones) is 1. The van der Waals surface area contributed by atoms with Crippen molar-refractivity contribution in [1.82, 2.24) is 15.4 Å². The number of amides is 2. The molecule has 0 spiro atoms. The van der Waals surface area contributed by atoms with Gasteiger partial charge in [0.25, 0.3) is 11.8 Å². The first-order valence-electron chi connectivity index (χ1n) is 13.5. The van der Waals surface area contributed by atoms with Crippen LogP contribution in [0, 0.1) is 0 Å². The summed E-state index contributed by atoms with van der Waals surface area (Å²) in [4.78, 5) is 80.0. The Labute approximate surface area is 259 Å². The largest absolute Gasteiger partial charge is 0.477 e. The van der Waals surface area contributed by atoms with Crippen LogP contribution in [0.1, 0.15) is 42.2 Å². The summed E-state index contributed by atoms with van der Waals surface area (Å²) in [6, 6.07) is 17.7. The topological polar surface area (TPSA) is 209 Å². The maximum absolute atomic E-state index is 14.1. The predicted molar refractivity (Wildman–Crippen MR) is 155 cm³/mol. The fourth-order valence-electron chi connectivity index (χ4n) is 4.93.